The van der Waals surface area contributed by atoms with E-state index < -0.39 is 22.3 Å². The third-order valence-electron chi connectivity index (χ3n) is 2.39. The van der Waals surface area contributed by atoms with Crippen molar-refractivity contribution in [1.82, 2.24) is 4.90 Å². The van der Waals surface area contributed by atoms with Gasteiger partial charge in [0.05, 0.1) is 17.0 Å². The molecular weight excluding hydrogens is 236 g/mol. The van der Waals surface area contributed by atoms with Gasteiger partial charge >= 0.3 is 5.69 Å². The molecule has 0 spiro atoms. The first-order valence-corrected chi connectivity index (χ1v) is 5.22. The normalized spacial score (nSPS) is 9.56. The first-order valence-electron chi connectivity index (χ1n) is 5.22. The largest absolute Gasteiger partial charge is 0.502 e. The molecule has 0 radical (unpaired) electrons. The second kappa shape index (κ2) is 5.68. The van der Waals surface area contributed by atoms with Crippen LogP contribution >= 0.6 is 0 Å². The number of phenolic OH excluding ortho intramolecular Hbond substituents is 1. The number of terminal acetylenes is 1. The zero-order chi connectivity index (χ0) is 13.7. The number of aromatic hydroxyl groups is 1. The summed E-state index contributed by atoms with van der Waals surface area (Å²) in [7, 11) is 0. The van der Waals surface area contributed by atoms with Gasteiger partial charge in [0.25, 0.3) is 5.91 Å². The summed E-state index contributed by atoms with van der Waals surface area (Å²) in [6.45, 7) is 2.16. The van der Waals surface area contributed by atoms with Crippen LogP contribution in [0, 0.1) is 22.5 Å². The van der Waals surface area contributed by atoms with E-state index in [-0.39, 0.29) is 12.1 Å². The van der Waals surface area contributed by atoms with Crippen molar-refractivity contribution in [3.8, 4) is 18.1 Å². The van der Waals surface area contributed by atoms with Gasteiger partial charge in [-0.2, -0.15) is 0 Å². The van der Waals surface area contributed by atoms with Crippen molar-refractivity contribution in [1.29, 1.82) is 0 Å². The molecular formula is C12H12N2O4. The Morgan fingerprint density at radius 3 is 2.78 bits per heavy atom. The number of para-hydroxylation sites is 1. The number of phenols is 1. The molecule has 0 atom stereocenters. The van der Waals surface area contributed by atoms with Gasteiger partial charge in [-0.25, -0.2) is 0 Å². The lowest BCUT2D eigenvalue weighted by molar-refractivity contribution is -0.385. The number of nitro benzene ring substituents is 1. The fourth-order valence-electron chi connectivity index (χ4n) is 1.46. The maximum absolute atomic E-state index is 12.0. The van der Waals surface area contributed by atoms with Crippen LogP contribution < -0.4 is 0 Å². The topological polar surface area (TPSA) is 83.7 Å². The van der Waals surface area contributed by atoms with E-state index in [1.807, 2.05) is 0 Å². The molecule has 6 nitrogen and oxygen atoms in total. The zero-order valence-electron chi connectivity index (χ0n) is 9.79. The summed E-state index contributed by atoms with van der Waals surface area (Å²) in [5.74, 6) is 1.15. The Labute approximate surface area is 104 Å². The minimum atomic E-state index is -0.746. The van der Waals surface area contributed by atoms with Gasteiger partial charge in [-0.05, 0) is 13.0 Å². The zero-order valence-corrected chi connectivity index (χ0v) is 9.79. The molecule has 18 heavy (non-hydrogen) atoms. The van der Waals surface area contributed by atoms with E-state index in [4.69, 9.17) is 6.42 Å². The number of hydrogen-bond acceptors (Lipinski definition) is 4. The first kappa shape index (κ1) is 13.5. The molecule has 1 rings (SSSR count). The van der Waals surface area contributed by atoms with Crippen LogP contribution in [-0.2, 0) is 0 Å². The second-order valence-corrected chi connectivity index (χ2v) is 3.45. The Bertz CT molecular complexity index is 519. The van der Waals surface area contributed by atoms with Crippen LogP contribution in [0.5, 0.6) is 5.75 Å². The van der Waals surface area contributed by atoms with Gasteiger partial charge < -0.3 is 10.0 Å². The molecule has 0 unspecified atom stereocenters. The van der Waals surface area contributed by atoms with Crippen LogP contribution in [0.3, 0.4) is 0 Å². The summed E-state index contributed by atoms with van der Waals surface area (Å²) >= 11 is 0. The number of nitro groups is 1. The Morgan fingerprint density at radius 2 is 2.28 bits per heavy atom. The molecule has 1 N–H and O–H groups in total. The lowest BCUT2D eigenvalue weighted by Gasteiger charge is -2.18. The van der Waals surface area contributed by atoms with Gasteiger partial charge in [0.1, 0.15) is 0 Å². The molecule has 0 saturated carbocycles. The Balaban J connectivity index is 3.18. The molecule has 0 aromatic heterocycles. The molecule has 0 heterocycles. The molecule has 0 bridgehead atoms. The van der Waals surface area contributed by atoms with Crippen LogP contribution in [-0.4, -0.2) is 33.9 Å². The molecule has 0 aliphatic carbocycles. The number of amides is 1. The SMILES string of the molecule is C#CCN(CC)C(=O)c1cccc([N+](=O)[O-])c1O. The van der Waals surface area contributed by atoms with Gasteiger partial charge in [-0.1, -0.05) is 12.0 Å². The van der Waals surface area contributed by atoms with Crippen molar-refractivity contribution >= 4 is 11.6 Å². The summed E-state index contributed by atoms with van der Waals surface area (Å²) in [5.41, 5.74) is -0.626. The van der Waals surface area contributed by atoms with Crippen LogP contribution in [0.25, 0.3) is 0 Å². The first-order chi connectivity index (χ1) is 8.52. The summed E-state index contributed by atoms with van der Waals surface area (Å²) in [5, 5.41) is 20.4. The highest BCUT2D eigenvalue weighted by molar-refractivity contribution is 5.98. The van der Waals surface area contributed by atoms with E-state index in [0.29, 0.717) is 6.54 Å². The van der Waals surface area contributed by atoms with Crippen molar-refractivity contribution in [3.63, 3.8) is 0 Å². The lowest BCUT2D eigenvalue weighted by Crippen LogP contribution is -2.31. The quantitative estimate of drug-likeness (QED) is 0.496. The predicted octanol–water partition coefficient (Wildman–Crippen LogP) is 1.40. The van der Waals surface area contributed by atoms with E-state index in [1.54, 1.807) is 6.92 Å². The maximum Gasteiger partial charge on any atom is 0.311 e. The Kier molecular flexibility index (Phi) is 4.27. The number of carbonyl (C=O) groups is 1. The van der Waals surface area contributed by atoms with Gasteiger partial charge in [0, 0.05) is 12.6 Å². The van der Waals surface area contributed by atoms with Crippen LogP contribution in [0.4, 0.5) is 5.69 Å². The molecule has 1 aromatic rings. The third kappa shape index (κ3) is 2.58. The monoisotopic (exact) mass is 248 g/mol. The fraction of sp³-hybridized carbons (Fsp3) is 0.250. The molecule has 6 heteroatoms. The minimum Gasteiger partial charge on any atom is -0.502 e. The Hall–Kier alpha value is -2.55. The predicted molar refractivity (Wildman–Crippen MR) is 65.2 cm³/mol. The molecule has 0 fully saturated rings. The number of hydrogen-bond donors (Lipinski definition) is 1. The second-order valence-electron chi connectivity index (χ2n) is 3.45. The fourth-order valence-corrected chi connectivity index (χ4v) is 1.46. The van der Waals surface area contributed by atoms with E-state index >= 15 is 0 Å². The average molecular weight is 248 g/mol. The van der Waals surface area contributed by atoms with Crippen molar-refractivity contribution in [2.75, 3.05) is 13.1 Å². The number of rotatable bonds is 4. The summed E-state index contributed by atoms with van der Waals surface area (Å²) < 4.78 is 0. The van der Waals surface area contributed by atoms with Crippen LogP contribution in [0.15, 0.2) is 18.2 Å². The van der Waals surface area contributed by atoms with E-state index in [1.165, 1.54) is 17.0 Å². The maximum atomic E-state index is 12.0. The Morgan fingerprint density at radius 1 is 1.61 bits per heavy atom. The standard InChI is InChI=1S/C12H12N2O4/c1-3-8-13(4-2)12(16)9-6-5-7-10(11(9)15)14(17)18/h1,5-7,15H,4,8H2,2H3. The van der Waals surface area contributed by atoms with Crippen molar-refractivity contribution < 1.29 is 14.8 Å². The molecule has 0 aliphatic rings. The van der Waals surface area contributed by atoms with Gasteiger partial charge in [-0.15, -0.1) is 6.42 Å². The van der Waals surface area contributed by atoms with Gasteiger partial charge in [0.15, 0.2) is 0 Å². The summed E-state index contributed by atoms with van der Waals surface area (Å²) in [4.78, 5) is 23.2. The lowest BCUT2D eigenvalue weighted by atomic mass is 10.1. The van der Waals surface area contributed by atoms with E-state index in [2.05, 4.69) is 5.92 Å². The average Bonchev–Trinajstić information content (AvgIpc) is 2.35. The van der Waals surface area contributed by atoms with Gasteiger partial charge in [0.2, 0.25) is 5.75 Å². The summed E-state index contributed by atoms with van der Waals surface area (Å²) in [6, 6.07) is 3.79. The highest BCUT2D eigenvalue weighted by atomic mass is 16.6. The van der Waals surface area contributed by atoms with Crippen LogP contribution in [0.1, 0.15) is 17.3 Å². The van der Waals surface area contributed by atoms with E-state index in [9.17, 15) is 20.0 Å². The van der Waals surface area contributed by atoms with Crippen molar-refractivity contribution in [3.05, 3.63) is 33.9 Å². The molecule has 0 aliphatic heterocycles. The van der Waals surface area contributed by atoms with Gasteiger partial charge in [-0.3, -0.25) is 14.9 Å². The molecule has 1 aromatic carbocycles. The molecule has 1 amide bonds. The van der Waals surface area contributed by atoms with Crippen molar-refractivity contribution in [2.45, 2.75) is 6.92 Å². The highest BCUT2D eigenvalue weighted by Crippen LogP contribution is 2.29. The number of nitrogens with zero attached hydrogens (tertiary/aromatic N) is 2. The number of benzene rings is 1. The van der Waals surface area contributed by atoms with Crippen molar-refractivity contribution in [2.24, 2.45) is 0 Å². The van der Waals surface area contributed by atoms with E-state index in [0.717, 1.165) is 6.07 Å². The smallest absolute Gasteiger partial charge is 0.311 e. The third-order valence-corrected chi connectivity index (χ3v) is 2.39. The highest BCUT2D eigenvalue weighted by Gasteiger charge is 2.23. The minimum absolute atomic E-state index is 0.0808. The summed E-state index contributed by atoms with van der Waals surface area (Å²) in [6.07, 6.45) is 5.12. The number of carbonyl (C=O) groups excluding carboxylic acids is 1. The molecule has 94 valence electrons. The molecule has 0 saturated heterocycles. The van der Waals surface area contributed by atoms with Crippen LogP contribution in [0.2, 0.25) is 0 Å².